The van der Waals surface area contributed by atoms with Gasteiger partial charge in [-0.2, -0.15) is 0 Å². The molecular formula is C25H23Cl2N3O. The highest BCUT2D eigenvalue weighted by molar-refractivity contribution is 6.35. The molecular weight excluding hydrogens is 429 g/mol. The van der Waals surface area contributed by atoms with Crippen molar-refractivity contribution in [2.45, 2.75) is 33.0 Å². The van der Waals surface area contributed by atoms with Gasteiger partial charge in [-0.05, 0) is 42.3 Å². The lowest BCUT2D eigenvalue weighted by Crippen LogP contribution is -2.31. The third-order valence-electron chi connectivity index (χ3n) is 5.18. The third kappa shape index (κ3) is 4.76. The van der Waals surface area contributed by atoms with Crippen molar-refractivity contribution < 1.29 is 4.79 Å². The number of hydrogen-bond donors (Lipinski definition) is 0. The molecule has 0 spiro atoms. The molecule has 0 aliphatic carbocycles. The van der Waals surface area contributed by atoms with Gasteiger partial charge in [0.05, 0.1) is 28.2 Å². The van der Waals surface area contributed by atoms with Gasteiger partial charge >= 0.3 is 0 Å². The van der Waals surface area contributed by atoms with Crippen molar-refractivity contribution in [1.29, 1.82) is 0 Å². The van der Waals surface area contributed by atoms with Crippen molar-refractivity contribution in [1.82, 2.24) is 14.5 Å². The predicted octanol–water partition coefficient (Wildman–Crippen LogP) is 6.60. The second-order valence-corrected chi connectivity index (χ2v) is 8.28. The molecule has 0 N–H and O–H groups in total. The molecule has 0 aliphatic heterocycles. The Labute approximate surface area is 192 Å². The van der Waals surface area contributed by atoms with Crippen LogP contribution in [0.5, 0.6) is 0 Å². The van der Waals surface area contributed by atoms with Gasteiger partial charge in [0.25, 0.3) is 5.91 Å². The van der Waals surface area contributed by atoms with Crippen LogP contribution in [-0.4, -0.2) is 20.4 Å². The van der Waals surface area contributed by atoms with E-state index >= 15 is 0 Å². The summed E-state index contributed by atoms with van der Waals surface area (Å²) in [6, 6.07) is 22.9. The van der Waals surface area contributed by atoms with Crippen molar-refractivity contribution >= 4 is 40.1 Å². The minimum absolute atomic E-state index is 0.175. The van der Waals surface area contributed by atoms with E-state index in [0.717, 1.165) is 35.4 Å². The highest BCUT2D eigenvalue weighted by Gasteiger charge is 2.22. The van der Waals surface area contributed by atoms with Crippen LogP contribution in [0.15, 0.2) is 72.8 Å². The first-order valence-electron chi connectivity index (χ1n) is 10.3. The Hall–Kier alpha value is -2.82. The molecule has 4 nitrogen and oxygen atoms in total. The van der Waals surface area contributed by atoms with E-state index in [1.165, 1.54) is 0 Å². The first-order valence-corrected chi connectivity index (χ1v) is 11.0. The van der Waals surface area contributed by atoms with Crippen LogP contribution in [0.2, 0.25) is 10.0 Å². The molecule has 0 unspecified atom stereocenters. The smallest absolute Gasteiger partial charge is 0.256 e. The lowest BCUT2D eigenvalue weighted by atomic mass is 10.1. The summed E-state index contributed by atoms with van der Waals surface area (Å²) in [6.45, 7) is 3.78. The number of amides is 1. The SMILES string of the molecule is CCCn1c(CN(Cc2ccccc2)C(=O)c2cc(Cl)ccc2Cl)nc2ccccc21. The number of nitrogens with zero attached hydrogens (tertiary/aromatic N) is 3. The van der Waals surface area contributed by atoms with Crippen LogP contribution in [0.25, 0.3) is 11.0 Å². The second kappa shape index (κ2) is 9.54. The molecule has 4 rings (SSSR count). The fraction of sp³-hybridized carbons (Fsp3) is 0.200. The van der Waals surface area contributed by atoms with Gasteiger partial charge in [0.1, 0.15) is 5.82 Å². The summed E-state index contributed by atoms with van der Waals surface area (Å²) in [5.74, 6) is 0.678. The van der Waals surface area contributed by atoms with Gasteiger partial charge in [0, 0.05) is 18.1 Å². The number of para-hydroxylation sites is 2. The molecule has 1 amide bonds. The number of aromatic nitrogens is 2. The molecule has 0 radical (unpaired) electrons. The molecule has 0 atom stereocenters. The van der Waals surface area contributed by atoms with Crippen LogP contribution in [0.3, 0.4) is 0 Å². The molecule has 158 valence electrons. The normalized spacial score (nSPS) is 11.1. The maximum absolute atomic E-state index is 13.6. The van der Waals surface area contributed by atoms with Crippen LogP contribution in [0.4, 0.5) is 0 Å². The lowest BCUT2D eigenvalue weighted by Gasteiger charge is -2.24. The largest absolute Gasteiger partial charge is 0.327 e. The zero-order valence-electron chi connectivity index (χ0n) is 17.3. The average Bonchev–Trinajstić information content (AvgIpc) is 3.12. The summed E-state index contributed by atoms with van der Waals surface area (Å²) in [5.41, 5.74) is 3.43. The fourth-order valence-electron chi connectivity index (χ4n) is 3.72. The number of hydrogen-bond acceptors (Lipinski definition) is 2. The number of halogens is 2. The van der Waals surface area contributed by atoms with Crippen LogP contribution in [0.1, 0.15) is 35.1 Å². The van der Waals surface area contributed by atoms with Crippen molar-refractivity contribution in [2.24, 2.45) is 0 Å². The summed E-state index contributed by atoms with van der Waals surface area (Å²) in [4.78, 5) is 20.2. The van der Waals surface area contributed by atoms with Gasteiger partial charge in [-0.1, -0.05) is 72.6 Å². The van der Waals surface area contributed by atoms with E-state index in [9.17, 15) is 4.79 Å². The van der Waals surface area contributed by atoms with E-state index in [2.05, 4.69) is 17.6 Å². The summed E-state index contributed by atoms with van der Waals surface area (Å²) in [5, 5.41) is 0.861. The van der Waals surface area contributed by atoms with Crippen molar-refractivity contribution in [2.75, 3.05) is 0 Å². The van der Waals surface area contributed by atoms with Crippen molar-refractivity contribution in [3.63, 3.8) is 0 Å². The number of rotatable bonds is 7. The van der Waals surface area contributed by atoms with Crippen molar-refractivity contribution in [3.05, 3.63) is 99.8 Å². The fourth-order valence-corrected chi connectivity index (χ4v) is 4.10. The van der Waals surface area contributed by atoms with Gasteiger partial charge in [0.15, 0.2) is 0 Å². The van der Waals surface area contributed by atoms with E-state index in [-0.39, 0.29) is 5.91 Å². The van der Waals surface area contributed by atoms with Crippen LogP contribution in [0, 0.1) is 0 Å². The standard InChI is InChI=1S/C25H23Cl2N3O/c1-2-14-30-23-11-7-6-10-22(23)28-24(30)17-29(16-18-8-4-3-5-9-18)25(31)20-15-19(26)12-13-21(20)27/h3-13,15H,2,14,16-17H2,1H3. The van der Waals surface area contributed by atoms with E-state index in [1.54, 1.807) is 23.1 Å². The first-order chi connectivity index (χ1) is 15.1. The van der Waals surface area contributed by atoms with Crippen molar-refractivity contribution in [3.8, 4) is 0 Å². The zero-order valence-corrected chi connectivity index (χ0v) is 18.8. The maximum Gasteiger partial charge on any atom is 0.256 e. The molecule has 1 aromatic heterocycles. The average molecular weight is 452 g/mol. The topological polar surface area (TPSA) is 38.1 Å². The molecule has 0 bridgehead atoms. The highest BCUT2D eigenvalue weighted by atomic mass is 35.5. The minimum Gasteiger partial charge on any atom is -0.327 e. The molecule has 0 fully saturated rings. The summed E-state index contributed by atoms with van der Waals surface area (Å²) in [6.07, 6.45) is 0.972. The van der Waals surface area contributed by atoms with E-state index in [0.29, 0.717) is 28.7 Å². The molecule has 0 aliphatic rings. The number of aryl methyl sites for hydroxylation is 1. The number of carbonyl (C=O) groups is 1. The Morgan fingerprint density at radius 2 is 1.71 bits per heavy atom. The number of benzene rings is 3. The Bertz CT molecular complexity index is 1200. The molecule has 31 heavy (non-hydrogen) atoms. The zero-order chi connectivity index (χ0) is 21.8. The quantitative estimate of drug-likeness (QED) is 0.317. The number of carbonyl (C=O) groups excluding carboxylic acids is 1. The van der Waals surface area contributed by atoms with E-state index in [1.807, 2.05) is 48.5 Å². The predicted molar refractivity (Wildman–Crippen MR) is 127 cm³/mol. The van der Waals surface area contributed by atoms with Gasteiger partial charge in [0.2, 0.25) is 0 Å². The van der Waals surface area contributed by atoms with Gasteiger partial charge in [-0.15, -0.1) is 0 Å². The minimum atomic E-state index is -0.175. The highest BCUT2D eigenvalue weighted by Crippen LogP contribution is 2.25. The second-order valence-electron chi connectivity index (χ2n) is 7.44. The summed E-state index contributed by atoms with van der Waals surface area (Å²) in [7, 11) is 0. The van der Waals surface area contributed by atoms with Gasteiger partial charge in [-0.3, -0.25) is 4.79 Å². The Morgan fingerprint density at radius 3 is 2.48 bits per heavy atom. The molecule has 4 aromatic rings. The van der Waals surface area contributed by atoms with E-state index < -0.39 is 0 Å². The van der Waals surface area contributed by atoms with E-state index in [4.69, 9.17) is 28.2 Å². The van der Waals surface area contributed by atoms with Crippen LogP contribution < -0.4 is 0 Å². The Kier molecular flexibility index (Phi) is 6.59. The monoisotopic (exact) mass is 451 g/mol. The number of fused-ring (bicyclic) bond motifs is 1. The summed E-state index contributed by atoms with van der Waals surface area (Å²) >= 11 is 12.5. The Morgan fingerprint density at radius 1 is 0.968 bits per heavy atom. The Balaban J connectivity index is 1.74. The molecule has 0 saturated heterocycles. The van der Waals surface area contributed by atoms with Crippen LogP contribution >= 0.6 is 23.2 Å². The lowest BCUT2D eigenvalue weighted by molar-refractivity contribution is 0.0724. The number of imidazole rings is 1. The first kappa shape index (κ1) is 21.4. The van der Waals surface area contributed by atoms with Gasteiger partial charge < -0.3 is 9.47 Å². The maximum atomic E-state index is 13.6. The van der Waals surface area contributed by atoms with Gasteiger partial charge in [-0.25, -0.2) is 4.98 Å². The molecule has 6 heteroatoms. The summed E-state index contributed by atoms with van der Waals surface area (Å²) < 4.78 is 2.19. The molecule has 0 saturated carbocycles. The molecule has 1 heterocycles. The molecule has 3 aromatic carbocycles. The third-order valence-corrected chi connectivity index (χ3v) is 5.74. The van der Waals surface area contributed by atoms with Crippen LogP contribution in [-0.2, 0) is 19.6 Å².